The average molecular weight is 265 g/mol. The summed E-state index contributed by atoms with van der Waals surface area (Å²) in [6.45, 7) is 0.978. The molecule has 0 spiro atoms. The topological polar surface area (TPSA) is 29.3 Å². The van der Waals surface area contributed by atoms with Crippen LogP contribution in [0.3, 0.4) is 0 Å². The van der Waals surface area contributed by atoms with E-state index in [1.165, 1.54) is 19.3 Å². The van der Waals surface area contributed by atoms with E-state index in [4.69, 9.17) is 16.0 Å². The summed E-state index contributed by atoms with van der Waals surface area (Å²) in [5.41, 5.74) is 0.912. The van der Waals surface area contributed by atoms with Crippen LogP contribution in [-0.2, 0) is 0 Å². The van der Waals surface area contributed by atoms with E-state index in [1.807, 2.05) is 18.3 Å². The number of halogens is 1. The van der Waals surface area contributed by atoms with Crippen LogP contribution in [0.5, 0.6) is 0 Å². The molecule has 0 unspecified atom stereocenters. The highest BCUT2D eigenvalue weighted by atomic mass is 35.5. The normalized spacial score (nSPS) is 15.8. The van der Waals surface area contributed by atoms with E-state index in [9.17, 15) is 0 Å². The van der Waals surface area contributed by atoms with E-state index in [0.717, 1.165) is 29.8 Å². The van der Waals surface area contributed by atoms with Crippen LogP contribution < -0.4 is 4.90 Å². The minimum Gasteiger partial charge on any atom is -0.464 e. The van der Waals surface area contributed by atoms with Gasteiger partial charge in [0, 0.05) is 24.7 Å². The number of aromatic nitrogens is 1. The molecule has 96 valence electrons. The van der Waals surface area contributed by atoms with Gasteiger partial charge in [0.2, 0.25) is 0 Å². The standard InChI is InChI=1S/C14H17ClN2O/c15-7-2-9-17(11-3-1-4-11)14-12-6-10-18-13(12)5-8-16-14/h5-6,8,10-11H,1-4,7,9H2. The lowest BCUT2D eigenvalue weighted by molar-refractivity contribution is 0.384. The number of anilines is 1. The fourth-order valence-electron chi connectivity index (χ4n) is 2.50. The SMILES string of the molecule is ClCCCN(c1nccc2occc12)C1CCC1. The molecular weight excluding hydrogens is 248 g/mol. The molecule has 0 N–H and O–H groups in total. The maximum absolute atomic E-state index is 5.83. The van der Waals surface area contributed by atoms with E-state index < -0.39 is 0 Å². The zero-order valence-electron chi connectivity index (χ0n) is 10.3. The number of nitrogens with zero attached hydrogens (tertiary/aromatic N) is 2. The Morgan fingerprint density at radius 3 is 3.00 bits per heavy atom. The minimum atomic E-state index is 0.626. The van der Waals surface area contributed by atoms with Gasteiger partial charge in [-0.3, -0.25) is 0 Å². The van der Waals surface area contributed by atoms with Crippen LogP contribution in [0.2, 0.25) is 0 Å². The molecule has 0 radical (unpaired) electrons. The Hall–Kier alpha value is -1.22. The average Bonchev–Trinajstić information content (AvgIpc) is 2.80. The van der Waals surface area contributed by atoms with Crippen LogP contribution in [0.25, 0.3) is 11.0 Å². The first kappa shape index (κ1) is 11.8. The Bertz CT molecular complexity index is 521. The molecule has 1 saturated carbocycles. The molecule has 0 bridgehead atoms. The van der Waals surface area contributed by atoms with Crippen LogP contribution in [0.15, 0.2) is 29.0 Å². The maximum atomic E-state index is 5.83. The van der Waals surface area contributed by atoms with Gasteiger partial charge >= 0.3 is 0 Å². The summed E-state index contributed by atoms with van der Waals surface area (Å²) in [5.74, 6) is 1.75. The van der Waals surface area contributed by atoms with Gasteiger partial charge < -0.3 is 9.32 Å². The summed E-state index contributed by atoms with van der Waals surface area (Å²) in [4.78, 5) is 6.96. The number of hydrogen-bond donors (Lipinski definition) is 0. The second-order valence-corrected chi connectivity index (χ2v) is 5.17. The third kappa shape index (κ3) is 2.07. The summed E-state index contributed by atoms with van der Waals surface area (Å²) in [6, 6.07) is 4.55. The number of pyridine rings is 1. The molecule has 1 aliphatic carbocycles. The number of fused-ring (bicyclic) bond motifs is 1. The van der Waals surface area contributed by atoms with Crippen molar-refractivity contribution < 1.29 is 4.42 Å². The largest absolute Gasteiger partial charge is 0.464 e. The van der Waals surface area contributed by atoms with Crippen molar-refractivity contribution in [1.29, 1.82) is 0 Å². The van der Waals surface area contributed by atoms with Gasteiger partial charge in [-0.2, -0.15) is 0 Å². The Labute approximate surface area is 112 Å². The van der Waals surface area contributed by atoms with E-state index in [0.29, 0.717) is 11.9 Å². The van der Waals surface area contributed by atoms with Crippen molar-refractivity contribution in [3.63, 3.8) is 0 Å². The molecule has 18 heavy (non-hydrogen) atoms. The van der Waals surface area contributed by atoms with Gasteiger partial charge in [0.25, 0.3) is 0 Å². The molecule has 3 nitrogen and oxygen atoms in total. The molecule has 1 fully saturated rings. The van der Waals surface area contributed by atoms with Crippen LogP contribution in [0.4, 0.5) is 5.82 Å². The lowest BCUT2D eigenvalue weighted by Crippen LogP contribution is -2.41. The molecule has 4 heteroatoms. The second-order valence-electron chi connectivity index (χ2n) is 4.79. The van der Waals surface area contributed by atoms with Gasteiger partial charge in [0.1, 0.15) is 11.4 Å². The predicted molar refractivity (Wildman–Crippen MR) is 74.3 cm³/mol. The predicted octanol–water partition coefficient (Wildman–Crippen LogP) is 3.82. The van der Waals surface area contributed by atoms with Crippen molar-refractivity contribution in [3.05, 3.63) is 24.6 Å². The van der Waals surface area contributed by atoms with Crippen LogP contribution in [-0.4, -0.2) is 23.5 Å². The molecule has 2 aromatic heterocycles. The van der Waals surface area contributed by atoms with E-state index in [1.54, 1.807) is 6.26 Å². The molecule has 1 aliphatic rings. The zero-order chi connectivity index (χ0) is 12.4. The highest BCUT2D eigenvalue weighted by Gasteiger charge is 2.26. The van der Waals surface area contributed by atoms with E-state index in [-0.39, 0.29) is 0 Å². The number of furan rings is 1. The number of hydrogen-bond acceptors (Lipinski definition) is 3. The van der Waals surface area contributed by atoms with Crippen molar-refractivity contribution in [2.75, 3.05) is 17.3 Å². The summed E-state index contributed by atoms with van der Waals surface area (Å²) in [7, 11) is 0. The van der Waals surface area contributed by atoms with Gasteiger partial charge in [-0.15, -0.1) is 11.6 Å². The summed E-state index contributed by atoms with van der Waals surface area (Å²) < 4.78 is 5.45. The van der Waals surface area contributed by atoms with Gasteiger partial charge in [0.15, 0.2) is 0 Å². The lowest BCUT2D eigenvalue weighted by Gasteiger charge is -2.38. The number of alkyl halides is 1. The molecule has 0 saturated heterocycles. The molecule has 2 heterocycles. The van der Waals surface area contributed by atoms with Crippen molar-refractivity contribution >= 4 is 28.4 Å². The molecule has 0 aromatic carbocycles. The summed E-state index contributed by atoms with van der Waals surface area (Å²) >= 11 is 5.83. The van der Waals surface area contributed by atoms with E-state index >= 15 is 0 Å². The van der Waals surface area contributed by atoms with Gasteiger partial charge in [-0.25, -0.2) is 4.98 Å². The molecule has 3 rings (SSSR count). The highest BCUT2D eigenvalue weighted by molar-refractivity contribution is 6.17. The molecule has 2 aromatic rings. The third-order valence-electron chi connectivity index (χ3n) is 3.68. The van der Waals surface area contributed by atoms with Gasteiger partial charge in [-0.05, 0) is 37.8 Å². The first-order valence-electron chi connectivity index (χ1n) is 6.55. The summed E-state index contributed by atoms with van der Waals surface area (Å²) in [6.07, 6.45) is 8.40. The van der Waals surface area contributed by atoms with Crippen molar-refractivity contribution in [3.8, 4) is 0 Å². The Morgan fingerprint density at radius 1 is 1.39 bits per heavy atom. The molecular formula is C14H17ClN2O. The van der Waals surface area contributed by atoms with E-state index in [2.05, 4.69) is 9.88 Å². The fourth-order valence-corrected chi connectivity index (χ4v) is 2.62. The molecule has 0 atom stereocenters. The Morgan fingerprint density at radius 2 is 2.28 bits per heavy atom. The first-order valence-corrected chi connectivity index (χ1v) is 7.08. The first-order chi connectivity index (χ1) is 8.90. The van der Waals surface area contributed by atoms with Gasteiger partial charge in [-0.1, -0.05) is 0 Å². The second kappa shape index (κ2) is 5.19. The number of rotatable bonds is 5. The maximum Gasteiger partial charge on any atom is 0.139 e. The van der Waals surface area contributed by atoms with Crippen molar-refractivity contribution in [2.24, 2.45) is 0 Å². The third-order valence-corrected chi connectivity index (χ3v) is 3.95. The zero-order valence-corrected chi connectivity index (χ0v) is 11.1. The Kier molecular flexibility index (Phi) is 3.41. The highest BCUT2D eigenvalue weighted by Crippen LogP contribution is 2.33. The Balaban J connectivity index is 1.94. The van der Waals surface area contributed by atoms with Crippen molar-refractivity contribution in [1.82, 2.24) is 4.98 Å². The molecule has 0 amide bonds. The van der Waals surface area contributed by atoms with Gasteiger partial charge in [0.05, 0.1) is 11.6 Å². The van der Waals surface area contributed by atoms with Crippen LogP contribution in [0, 0.1) is 0 Å². The molecule has 0 aliphatic heterocycles. The minimum absolute atomic E-state index is 0.626. The van der Waals surface area contributed by atoms with Crippen LogP contribution >= 0.6 is 11.6 Å². The van der Waals surface area contributed by atoms with Crippen molar-refractivity contribution in [2.45, 2.75) is 31.7 Å². The van der Waals surface area contributed by atoms with Crippen LogP contribution in [0.1, 0.15) is 25.7 Å². The smallest absolute Gasteiger partial charge is 0.139 e. The summed E-state index contributed by atoms with van der Waals surface area (Å²) in [5, 5.41) is 1.11. The monoisotopic (exact) mass is 264 g/mol. The fraction of sp³-hybridized carbons (Fsp3) is 0.500. The quantitative estimate of drug-likeness (QED) is 0.769. The lowest BCUT2D eigenvalue weighted by atomic mass is 9.91.